The van der Waals surface area contributed by atoms with E-state index in [0.717, 1.165) is 0 Å². The number of amides is 1. The number of carbonyl (C=O) groups excluding carboxylic acids is 1. The molecule has 2 rings (SSSR count). The molecule has 24 heavy (non-hydrogen) atoms. The molecule has 1 amide bonds. The van der Waals surface area contributed by atoms with Gasteiger partial charge < -0.3 is 19.5 Å². The molecule has 1 aliphatic heterocycles. The standard InChI is InChI=1S/C18H25NO5/c1-2-23-15-6-3-4-7-16(15)24-13-5-8-17(20)19-11-9-14(10-12-19)18(21)22/h3-4,6-7,14H,2,5,8-13H2,1H3,(H,21,22). The number of carbonyl (C=O) groups is 2. The second-order valence-corrected chi connectivity index (χ2v) is 5.83. The van der Waals surface area contributed by atoms with E-state index in [4.69, 9.17) is 14.6 Å². The van der Waals surface area contributed by atoms with Gasteiger partial charge in [-0.15, -0.1) is 0 Å². The molecule has 132 valence electrons. The molecule has 6 nitrogen and oxygen atoms in total. The third-order valence-corrected chi connectivity index (χ3v) is 4.14. The lowest BCUT2D eigenvalue weighted by Crippen LogP contribution is -2.40. The molecule has 0 bridgehead atoms. The van der Waals surface area contributed by atoms with Crippen LogP contribution in [-0.4, -0.2) is 48.2 Å². The van der Waals surface area contributed by atoms with E-state index in [-0.39, 0.29) is 11.8 Å². The topological polar surface area (TPSA) is 76.1 Å². The normalized spacial score (nSPS) is 15.1. The van der Waals surface area contributed by atoms with E-state index in [1.54, 1.807) is 4.90 Å². The average Bonchev–Trinajstić information content (AvgIpc) is 2.60. The van der Waals surface area contributed by atoms with Gasteiger partial charge in [0.05, 0.1) is 19.1 Å². The molecule has 0 radical (unpaired) electrons. The highest BCUT2D eigenvalue weighted by molar-refractivity contribution is 5.77. The molecule has 0 aromatic heterocycles. The number of aliphatic carboxylic acids is 1. The summed E-state index contributed by atoms with van der Waals surface area (Å²) in [4.78, 5) is 24.8. The van der Waals surface area contributed by atoms with E-state index >= 15 is 0 Å². The number of nitrogens with zero attached hydrogens (tertiary/aromatic N) is 1. The molecule has 1 aliphatic rings. The van der Waals surface area contributed by atoms with Crippen molar-refractivity contribution in [1.82, 2.24) is 4.90 Å². The van der Waals surface area contributed by atoms with E-state index < -0.39 is 5.97 Å². The minimum Gasteiger partial charge on any atom is -0.490 e. The summed E-state index contributed by atoms with van der Waals surface area (Å²) in [6.07, 6.45) is 2.12. The van der Waals surface area contributed by atoms with Gasteiger partial charge in [0.1, 0.15) is 0 Å². The lowest BCUT2D eigenvalue weighted by atomic mass is 9.97. The van der Waals surface area contributed by atoms with Gasteiger partial charge in [0.25, 0.3) is 0 Å². The van der Waals surface area contributed by atoms with Crippen molar-refractivity contribution in [1.29, 1.82) is 0 Å². The first kappa shape index (κ1) is 18.1. The van der Waals surface area contributed by atoms with E-state index in [1.807, 2.05) is 31.2 Å². The van der Waals surface area contributed by atoms with Crippen LogP contribution in [0.25, 0.3) is 0 Å². The molecule has 0 aliphatic carbocycles. The van der Waals surface area contributed by atoms with Gasteiger partial charge >= 0.3 is 5.97 Å². The van der Waals surface area contributed by atoms with Gasteiger partial charge in [-0.3, -0.25) is 9.59 Å². The zero-order valence-corrected chi connectivity index (χ0v) is 14.1. The molecular weight excluding hydrogens is 310 g/mol. The number of rotatable bonds is 8. The first-order valence-corrected chi connectivity index (χ1v) is 8.47. The van der Waals surface area contributed by atoms with E-state index in [0.29, 0.717) is 63.5 Å². The summed E-state index contributed by atoms with van der Waals surface area (Å²) in [5.74, 6) is 0.396. The van der Waals surface area contributed by atoms with Crippen LogP contribution in [0.2, 0.25) is 0 Å². The minimum absolute atomic E-state index is 0.0699. The molecule has 1 aromatic rings. The van der Waals surface area contributed by atoms with Gasteiger partial charge in [0, 0.05) is 19.5 Å². The summed E-state index contributed by atoms with van der Waals surface area (Å²) < 4.78 is 11.2. The molecule has 1 heterocycles. The zero-order valence-electron chi connectivity index (χ0n) is 14.1. The number of piperidine rings is 1. The molecular formula is C18H25NO5. The summed E-state index contributed by atoms with van der Waals surface area (Å²) in [5, 5.41) is 8.98. The quantitative estimate of drug-likeness (QED) is 0.739. The lowest BCUT2D eigenvalue weighted by molar-refractivity contribution is -0.145. The van der Waals surface area contributed by atoms with Crippen LogP contribution in [0.5, 0.6) is 11.5 Å². The summed E-state index contributed by atoms with van der Waals surface area (Å²) >= 11 is 0. The summed E-state index contributed by atoms with van der Waals surface area (Å²) in [6.45, 7) is 4.00. The van der Waals surface area contributed by atoms with Crippen molar-refractivity contribution in [3.63, 3.8) is 0 Å². The highest BCUT2D eigenvalue weighted by Crippen LogP contribution is 2.26. The Hall–Kier alpha value is -2.24. The highest BCUT2D eigenvalue weighted by Gasteiger charge is 2.26. The number of carboxylic acid groups (broad SMARTS) is 1. The number of ether oxygens (including phenoxy) is 2. The van der Waals surface area contributed by atoms with Crippen molar-refractivity contribution in [2.45, 2.75) is 32.6 Å². The molecule has 0 saturated carbocycles. The number of likely N-dealkylation sites (tertiary alicyclic amines) is 1. The number of hydrogen-bond acceptors (Lipinski definition) is 4. The van der Waals surface area contributed by atoms with Crippen LogP contribution >= 0.6 is 0 Å². The van der Waals surface area contributed by atoms with Gasteiger partial charge in [-0.25, -0.2) is 0 Å². The Labute approximate surface area is 142 Å². The van der Waals surface area contributed by atoms with Crippen molar-refractivity contribution in [2.75, 3.05) is 26.3 Å². The lowest BCUT2D eigenvalue weighted by Gasteiger charge is -2.30. The molecule has 1 fully saturated rings. The predicted octanol–water partition coefficient (Wildman–Crippen LogP) is 2.57. The number of hydrogen-bond donors (Lipinski definition) is 1. The Morgan fingerprint density at radius 3 is 2.38 bits per heavy atom. The molecule has 0 spiro atoms. The fraction of sp³-hybridized carbons (Fsp3) is 0.556. The Morgan fingerprint density at radius 2 is 1.79 bits per heavy atom. The number of benzene rings is 1. The molecule has 0 atom stereocenters. The second kappa shape index (κ2) is 9.15. The van der Waals surface area contributed by atoms with Crippen molar-refractivity contribution in [3.8, 4) is 11.5 Å². The number of para-hydroxylation sites is 2. The number of carboxylic acids is 1. The van der Waals surface area contributed by atoms with Crippen molar-refractivity contribution in [2.24, 2.45) is 5.92 Å². The van der Waals surface area contributed by atoms with Crippen LogP contribution in [0.1, 0.15) is 32.6 Å². The predicted molar refractivity (Wildman–Crippen MR) is 89.3 cm³/mol. The van der Waals surface area contributed by atoms with Crippen LogP contribution in [0.3, 0.4) is 0 Å². The first-order valence-electron chi connectivity index (χ1n) is 8.47. The van der Waals surface area contributed by atoms with Gasteiger partial charge in [0.15, 0.2) is 11.5 Å². The van der Waals surface area contributed by atoms with Crippen LogP contribution in [-0.2, 0) is 9.59 Å². The van der Waals surface area contributed by atoms with E-state index in [1.165, 1.54) is 0 Å². The van der Waals surface area contributed by atoms with Gasteiger partial charge in [-0.05, 0) is 38.3 Å². The van der Waals surface area contributed by atoms with Gasteiger partial charge in [0.2, 0.25) is 5.91 Å². The van der Waals surface area contributed by atoms with Crippen LogP contribution in [0, 0.1) is 5.92 Å². The largest absolute Gasteiger partial charge is 0.490 e. The van der Waals surface area contributed by atoms with Crippen molar-refractivity contribution < 1.29 is 24.2 Å². The van der Waals surface area contributed by atoms with Gasteiger partial charge in [-0.1, -0.05) is 12.1 Å². The average molecular weight is 335 g/mol. The summed E-state index contributed by atoms with van der Waals surface area (Å²) in [7, 11) is 0. The molecule has 6 heteroatoms. The summed E-state index contributed by atoms with van der Waals surface area (Å²) in [6, 6.07) is 7.48. The van der Waals surface area contributed by atoms with E-state index in [9.17, 15) is 9.59 Å². The third kappa shape index (κ3) is 5.15. The third-order valence-electron chi connectivity index (χ3n) is 4.14. The smallest absolute Gasteiger partial charge is 0.306 e. The fourth-order valence-corrected chi connectivity index (χ4v) is 2.78. The Bertz CT molecular complexity index is 552. The van der Waals surface area contributed by atoms with E-state index in [2.05, 4.69) is 0 Å². The SMILES string of the molecule is CCOc1ccccc1OCCCC(=O)N1CCC(C(=O)O)CC1. The van der Waals surface area contributed by atoms with Crippen LogP contribution in [0.15, 0.2) is 24.3 Å². The van der Waals surface area contributed by atoms with Crippen molar-refractivity contribution in [3.05, 3.63) is 24.3 Å². The maximum absolute atomic E-state index is 12.2. The monoisotopic (exact) mass is 335 g/mol. The van der Waals surface area contributed by atoms with Crippen LogP contribution in [0.4, 0.5) is 0 Å². The zero-order chi connectivity index (χ0) is 17.4. The fourth-order valence-electron chi connectivity index (χ4n) is 2.78. The Kier molecular flexibility index (Phi) is 6.90. The highest BCUT2D eigenvalue weighted by atomic mass is 16.5. The molecule has 1 saturated heterocycles. The Morgan fingerprint density at radius 1 is 1.17 bits per heavy atom. The second-order valence-electron chi connectivity index (χ2n) is 5.83. The maximum atomic E-state index is 12.2. The van der Waals surface area contributed by atoms with Gasteiger partial charge in [-0.2, -0.15) is 0 Å². The molecule has 0 unspecified atom stereocenters. The van der Waals surface area contributed by atoms with Crippen molar-refractivity contribution >= 4 is 11.9 Å². The maximum Gasteiger partial charge on any atom is 0.306 e. The summed E-state index contributed by atoms with van der Waals surface area (Å²) in [5.41, 5.74) is 0. The Balaban J connectivity index is 1.69. The van der Waals surface area contributed by atoms with Crippen LogP contribution < -0.4 is 9.47 Å². The molecule has 1 N–H and O–H groups in total. The first-order chi connectivity index (χ1) is 11.6. The minimum atomic E-state index is -0.761. The molecule has 1 aromatic carbocycles.